The second-order valence-electron chi connectivity index (χ2n) is 6.77. The third kappa shape index (κ3) is 3.92. The summed E-state index contributed by atoms with van der Waals surface area (Å²) in [5, 5.41) is 0. The minimum absolute atomic E-state index is 0.0185. The van der Waals surface area contributed by atoms with E-state index in [1.807, 2.05) is 29.2 Å². The minimum Gasteiger partial charge on any atom is -0.490 e. The molecular weight excluding hydrogens is 346 g/mol. The molecule has 7 nitrogen and oxygen atoms in total. The van der Waals surface area contributed by atoms with Crippen LogP contribution >= 0.6 is 0 Å². The first-order valence-electron chi connectivity index (χ1n) is 9.30. The zero-order chi connectivity index (χ0) is 18.6. The molecule has 2 aliphatic heterocycles. The van der Waals surface area contributed by atoms with Crippen LogP contribution in [0.15, 0.2) is 36.5 Å². The Kier molecular flexibility index (Phi) is 5.00. The maximum Gasteiger partial charge on any atom is 0.270 e. The van der Waals surface area contributed by atoms with Gasteiger partial charge in [-0.3, -0.25) is 9.59 Å². The summed E-state index contributed by atoms with van der Waals surface area (Å²) < 4.78 is 11.3. The van der Waals surface area contributed by atoms with Crippen molar-refractivity contribution in [3.8, 4) is 11.5 Å². The number of rotatable bonds is 3. The lowest BCUT2D eigenvalue weighted by molar-refractivity contribution is -0.131. The average Bonchev–Trinajstić information content (AvgIpc) is 3.13. The molecule has 27 heavy (non-hydrogen) atoms. The number of aromatic nitrogens is 1. The first-order valence-corrected chi connectivity index (χ1v) is 9.30. The molecule has 1 fully saturated rings. The van der Waals surface area contributed by atoms with Crippen LogP contribution in [0, 0.1) is 0 Å². The monoisotopic (exact) mass is 369 g/mol. The zero-order valence-corrected chi connectivity index (χ0v) is 15.1. The van der Waals surface area contributed by atoms with Crippen LogP contribution in [0.25, 0.3) is 0 Å². The summed E-state index contributed by atoms with van der Waals surface area (Å²) in [6.45, 7) is 3.47. The molecular formula is C20H23N3O4. The molecule has 0 bridgehead atoms. The number of carbonyl (C=O) groups excluding carboxylic acids is 2. The van der Waals surface area contributed by atoms with Gasteiger partial charge in [0.25, 0.3) is 5.91 Å². The Hall–Kier alpha value is -2.96. The Morgan fingerprint density at radius 1 is 0.963 bits per heavy atom. The van der Waals surface area contributed by atoms with Crippen LogP contribution in [-0.2, 0) is 11.2 Å². The molecule has 1 saturated heterocycles. The fraction of sp³-hybridized carbons (Fsp3) is 0.400. The molecule has 4 rings (SSSR count). The van der Waals surface area contributed by atoms with Crippen LogP contribution < -0.4 is 9.47 Å². The Bertz CT molecular complexity index is 811. The first kappa shape index (κ1) is 17.5. The lowest BCUT2D eigenvalue weighted by Crippen LogP contribution is -2.51. The van der Waals surface area contributed by atoms with Gasteiger partial charge in [-0.2, -0.15) is 0 Å². The number of amides is 2. The van der Waals surface area contributed by atoms with Gasteiger partial charge in [-0.1, -0.05) is 6.07 Å². The molecule has 2 amide bonds. The highest BCUT2D eigenvalue weighted by atomic mass is 16.5. The predicted molar refractivity (Wildman–Crippen MR) is 99.0 cm³/mol. The summed E-state index contributed by atoms with van der Waals surface area (Å²) in [6.07, 6.45) is 2.91. The van der Waals surface area contributed by atoms with Crippen molar-refractivity contribution < 1.29 is 19.1 Å². The molecule has 1 aromatic carbocycles. The van der Waals surface area contributed by atoms with Crippen molar-refractivity contribution >= 4 is 11.8 Å². The Morgan fingerprint density at radius 3 is 2.44 bits per heavy atom. The lowest BCUT2D eigenvalue weighted by atomic mass is 10.1. The Balaban J connectivity index is 1.33. The standard InChI is InChI=1S/C20H23N3O4/c24-19(14-15-4-5-17-18(13-15)27-12-2-11-26-17)22-7-9-23(10-8-22)20(25)16-3-1-6-21-16/h1,3-6,13,21H,2,7-12,14H2. The number of piperazine rings is 1. The molecule has 2 aromatic rings. The van der Waals surface area contributed by atoms with Gasteiger partial charge in [0, 0.05) is 38.8 Å². The number of benzene rings is 1. The van der Waals surface area contributed by atoms with Gasteiger partial charge in [-0.25, -0.2) is 0 Å². The molecule has 142 valence electrons. The summed E-state index contributed by atoms with van der Waals surface area (Å²) in [6, 6.07) is 9.25. The van der Waals surface area contributed by atoms with Crippen LogP contribution in [0.4, 0.5) is 0 Å². The van der Waals surface area contributed by atoms with E-state index in [9.17, 15) is 9.59 Å². The van der Waals surface area contributed by atoms with Gasteiger partial charge >= 0.3 is 0 Å². The normalized spacial score (nSPS) is 16.7. The number of fused-ring (bicyclic) bond motifs is 1. The van der Waals surface area contributed by atoms with Gasteiger partial charge in [0.05, 0.1) is 19.6 Å². The quantitative estimate of drug-likeness (QED) is 0.894. The van der Waals surface area contributed by atoms with E-state index in [1.54, 1.807) is 17.2 Å². The van der Waals surface area contributed by atoms with Crippen molar-refractivity contribution in [1.29, 1.82) is 0 Å². The molecule has 0 unspecified atom stereocenters. The number of ether oxygens (including phenoxy) is 2. The van der Waals surface area contributed by atoms with Crippen molar-refractivity contribution in [3.63, 3.8) is 0 Å². The molecule has 0 spiro atoms. The summed E-state index contributed by atoms with van der Waals surface area (Å²) >= 11 is 0. The van der Waals surface area contributed by atoms with E-state index in [1.165, 1.54) is 0 Å². The van der Waals surface area contributed by atoms with Crippen molar-refractivity contribution in [2.45, 2.75) is 12.8 Å². The molecule has 7 heteroatoms. The van der Waals surface area contributed by atoms with Crippen molar-refractivity contribution in [2.75, 3.05) is 39.4 Å². The van der Waals surface area contributed by atoms with Gasteiger partial charge < -0.3 is 24.3 Å². The van der Waals surface area contributed by atoms with E-state index in [-0.39, 0.29) is 11.8 Å². The van der Waals surface area contributed by atoms with E-state index >= 15 is 0 Å². The summed E-state index contributed by atoms with van der Waals surface area (Å²) in [4.78, 5) is 31.5. The topological polar surface area (TPSA) is 74.9 Å². The van der Waals surface area contributed by atoms with Gasteiger partial charge in [-0.15, -0.1) is 0 Å². The molecule has 1 N–H and O–H groups in total. The summed E-state index contributed by atoms with van der Waals surface area (Å²) in [5.74, 6) is 1.49. The molecule has 0 radical (unpaired) electrons. The number of hydrogen-bond acceptors (Lipinski definition) is 4. The van der Waals surface area contributed by atoms with E-state index in [0.717, 1.165) is 17.7 Å². The van der Waals surface area contributed by atoms with E-state index in [2.05, 4.69) is 4.98 Å². The first-order chi connectivity index (χ1) is 13.2. The highest BCUT2D eigenvalue weighted by Crippen LogP contribution is 2.30. The largest absolute Gasteiger partial charge is 0.490 e. The highest BCUT2D eigenvalue weighted by molar-refractivity contribution is 5.92. The molecule has 0 saturated carbocycles. The van der Waals surface area contributed by atoms with E-state index in [4.69, 9.17) is 9.47 Å². The average molecular weight is 369 g/mol. The second kappa shape index (κ2) is 7.73. The third-order valence-corrected chi connectivity index (χ3v) is 4.92. The molecule has 2 aliphatic rings. The summed E-state index contributed by atoms with van der Waals surface area (Å²) in [5.41, 5.74) is 1.50. The van der Waals surface area contributed by atoms with Crippen LogP contribution in [-0.4, -0.2) is 66.0 Å². The SMILES string of the molecule is O=C(Cc1ccc2c(c1)OCCCO2)N1CCN(C(=O)c2ccc[nH]2)CC1. The number of H-pyrrole nitrogens is 1. The van der Waals surface area contributed by atoms with Crippen LogP contribution in [0.1, 0.15) is 22.5 Å². The molecule has 3 heterocycles. The van der Waals surface area contributed by atoms with Crippen LogP contribution in [0.2, 0.25) is 0 Å². The van der Waals surface area contributed by atoms with Crippen LogP contribution in [0.5, 0.6) is 11.5 Å². The van der Waals surface area contributed by atoms with Gasteiger partial charge in [0.1, 0.15) is 5.69 Å². The molecule has 0 atom stereocenters. The number of nitrogens with zero attached hydrogens (tertiary/aromatic N) is 2. The van der Waals surface area contributed by atoms with Crippen molar-refractivity contribution in [3.05, 3.63) is 47.8 Å². The second-order valence-corrected chi connectivity index (χ2v) is 6.77. The smallest absolute Gasteiger partial charge is 0.270 e. The zero-order valence-electron chi connectivity index (χ0n) is 15.1. The lowest BCUT2D eigenvalue weighted by Gasteiger charge is -2.34. The third-order valence-electron chi connectivity index (χ3n) is 4.92. The maximum atomic E-state index is 12.7. The van der Waals surface area contributed by atoms with Gasteiger partial charge in [-0.05, 0) is 29.8 Å². The number of carbonyl (C=O) groups is 2. The highest BCUT2D eigenvalue weighted by Gasteiger charge is 2.25. The number of nitrogens with one attached hydrogen (secondary N) is 1. The van der Waals surface area contributed by atoms with Crippen LogP contribution in [0.3, 0.4) is 0 Å². The predicted octanol–water partition coefficient (Wildman–Crippen LogP) is 1.70. The molecule has 1 aromatic heterocycles. The fourth-order valence-corrected chi connectivity index (χ4v) is 3.40. The van der Waals surface area contributed by atoms with E-state index in [0.29, 0.717) is 57.3 Å². The van der Waals surface area contributed by atoms with Crippen molar-refractivity contribution in [2.24, 2.45) is 0 Å². The number of aromatic amines is 1. The Labute approximate surface area is 157 Å². The Morgan fingerprint density at radius 2 is 1.70 bits per heavy atom. The van der Waals surface area contributed by atoms with Crippen molar-refractivity contribution in [1.82, 2.24) is 14.8 Å². The number of hydrogen-bond donors (Lipinski definition) is 1. The summed E-state index contributed by atoms with van der Waals surface area (Å²) in [7, 11) is 0. The van der Waals surface area contributed by atoms with Gasteiger partial charge in [0.2, 0.25) is 5.91 Å². The maximum absolute atomic E-state index is 12.7. The fourth-order valence-electron chi connectivity index (χ4n) is 3.40. The van der Waals surface area contributed by atoms with E-state index < -0.39 is 0 Å². The molecule has 0 aliphatic carbocycles. The minimum atomic E-state index is -0.0185. The van der Waals surface area contributed by atoms with Gasteiger partial charge in [0.15, 0.2) is 11.5 Å².